The molecule has 0 N–H and O–H groups in total. The predicted octanol–water partition coefficient (Wildman–Crippen LogP) is 4.56. The van der Waals surface area contributed by atoms with Crippen molar-refractivity contribution in [1.82, 2.24) is 14.8 Å². The van der Waals surface area contributed by atoms with Gasteiger partial charge in [-0.05, 0) is 60.9 Å². The Hall–Kier alpha value is -2.27. The lowest BCUT2D eigenvalue weighted by Gasteiger charge is -2.39. The number of para-hydroxylation sites is 1. The highest BCUT2D eigenvalue weighted by Gasteiger charge is 2.31. The SMILES string of the molecule is COCCN(Cc1cccc2cccnc12)CC1CCCN(C2Cc3ccccc3C2)C1. The third-order valence-corrected chi connectivity index (χ3v) is 7.33. The molecule has 168 valence electrons. The van der Waals surface area contributed by atoms with Crippen LogP contribution in [-0.2, 0) is 24.1 Å². The van der Waals surface area contributed by atoms with Gasteiger partial charge in [-0.25, -0.2) is 0 Å². The lowest BCUT2D eigenvalue weighted by molar-refractivity contribution is 0.0845. The first-order valence-corrected chi connectivity index (χ1v) is 12.1. The van der Waals surface area contributed by atoms with E-state index in [0.29, 0.717) is 12.0 Å². The van der Waals surface area contributed by atoms with Crippen LogP contribution in [0.15, 0.2) is 60.8 Å². The van der Waals surface area contributed by atoms with E-state index in [0.717, 1.165) is 31.8 Å². The molecular weight excluding hydrogens is 394 g/mol. The van der Waals surface area contributed by atoms with E-state index in [2.05, 4.69) is 63.3 Å². The van der Waals surface area contributed by atoms with Gasteiger partial charge in [0.15, 0.2) is 0 Å². The first kappa shape index (κ1) is 21.6. The molecule has 0 spiro atoms. The Balaban J connectivity index is 1.25. The maximum atomic E-state index is 5.46. The molecule has 0 amide bonds. The van der Waals surface area contributed by atoms with E-state index in [1.54, 1.807) is 18.2 Å². The summed E-state index contributed by atoms with van der Waals surface area (Å²) in [7, 11) is 1.80. The van der Waals surface area contributed by atoms with Crippen LogP contribution in [0, 0.1) is 5.92 Å². The number of benzene rings is 2. The second-order valence-corrected chi connectivity index (χ2v) is 9.55. The van der Waals surface area contributed by atoms with Crippen molar-refractivity contribution >= 4 is 10.9 Å². The Labute approximate surface area is 192 Å². The van der Waals surface area contributed by atoms with Crippen molar-refractivity contribution in [2.45, 2.75) is 38.3 Å². The molecule has 32 heavy (non-hydrogen) atoms. The quantitative estimate of drug-likeness (QED) is 0.525. The van der Waals surface area contributed by atoms with Gasteiger partial charge in [-0.3, -0.25) is 14.8 Å². The lowest BCUT2D eigenvalue weighted by atomic mass is 9.95. The molecule has 1 aromatic heterocycles. The number of pyridine rings is 1. The van der Waals surface area contributed by atoms with Crippen LogP contribution in [0.3, 0.4) is 0 Å². The van der Waals surface area contributed by atoms with E-state index in [1.165, 1.54) is 49.7 Å². The lowest BCUT2D eigenvalue weighted by Crippen LogP contribution is -2.46. The molecule has 0 saturated carbocycles. The molecule has 0 radical (unpaired) electrons. The van der Waals surface area contributed by atoms with Crippen LogP contribution < -0.4 is 0 Å². The van der Waals surface area contributed by atoms with Crippen LogP contribution >= 0.6 is 0 Å². The van der Waals surface area contributed by atoms with Crippen LogP contribution in [0.2, 0.25) is 0 Å². The zero-order valence-electron chi connectivity index (χ0n) is 19.2. The molecule has 1 fully saturated rings. The zero-order valence-corrected chi connectivity index (χ0v) is 19.2. The van der Waals surface area contributed by atoms with Gasteiger partial charge in [0, 0.05) is 50.9 Å². The first-order chi connectivity index (χ1) is 15.8. The number of rotatable bonds is 8. The summed E-state index contributed by atoms with van der Waals surface area (Å²) in [5.41, 5.74) is 5.57. The molecule has 2 aromatic carbocycles. The Morgan fingerprint density at radius 3 is 2.66 bits per heavy atom. The number of hydrogen-bond acceptors (Lipinski definition) is 4. The summed E-state index contributed by atoms with van der Waals surface area (Å²) in [5.74, 6) is 0.715. The summed E-state index contributed by atoms with van der Waals surface area (Å²) >= 11 is 0. The highest BCUT2D eigenvalue weighted by atomic mass is 16.5. The second-order valence-electron chi connectivity index (χ2n) is 9.55. The number of fused-ring (bicyclic) bond motifs is 2. The van der Waals surface area contributed by atoms with Gasteiger partial charge in [-0.15, -0.1) is 0 Å². The molecular formula is C28H35N3O. The predicted molar refractivity (Wildman–Crippen MR) is 131 cm³/mol. The Morgan fingerprint density at radius 1 is 1.03 bits per heavy atom. The van der Waals surface area contributed by atoms with Crippen molar-refractivity contribution in [2.75, 3.05) is 39.9 Å². The minimum absolute atomic E-state index is 0.685. The van der Waals surface area contributed by atoms with Gasteiger partial charge in [0.05, 0.1) is 12.1 Å². The van der Waals surface area contributed by atoms with Crippen molar-refractivity contribution in [3.8, 4) is 0 Å². The standard InChI is InChI=1S/C28H35N3O/c1-32-16-15-30(21-26-11-4-10-23-12-5-13-29-28(23)26)19-22-7-6-14-31(20-22)27-17-24-8-2-3-9-25(24)18-27/h2-5,8-13,22,27H,6-7,14-21H2,1H3. The molecule has 1 unspecified atom stereocenters. The fourth-order valence-corrected chi connectivity index (χ4v) is 5.73. The molecule has 1 aliphatic heterocycles. The third-order valence-electron chi connectivity index (χ3n) is 7.33. The van der Waals surface area contributed by atoms with Gasteiger partial charge in [0.1, 0.15) is 0 Å². The molecule has 2 heterocycles. The minimum atomic E-state index is 0.685. The number of ether oxygens (including phenoxy) is 1. The minimum Gasteiger partial charge on any atom is -0.383 e. The van der Waals surface area contributed by atoms with E-state index in [4.69, 9.17) is 4.74 Å². The number of methoxy groups -OCH3 is 1. The summed E-state index contributed by atoms with van der Waals surface area (Å²) < 4.78 is 5.46. The number of aromatic nitrogens is 1. The van der Waals surface area contributed by atoms with Crippen molar-refractivity contribution in [2.24, 2.45) is 5.92 Å². The molecule has 2 aliphatic rings. The summed E-state index contributed by atoms with van der Waals surface area (Å²) in [6.07, 6.45) is 6.98. The molecule has 4 heteroatoms. The van der Waals surface area contributed by atoms with E-state index in [1.807, 2.05) is 12.3 Å². The number of nitrogens with zero attached hydrogens (tertiary/aromatic N) is 3. The van der Waals surface area contributed by atoms with E-state index < -0.39 is 0 Å². The topological polar surface area (TPSA) is 28.6 Å². The molecule has 1 saturated heterocycles. The van der Waals surface area contributed by atoms with Crippen molar-refractivity contribution in [3.63, 3.8) is 0 Å². The summed E-state index contributed by atoms with van der Waals surface area (Å²) in [5, 5.41) is 1.22. The van der Waals surface area contributed by atoms with Crippen molar-refractivity contribution < 1.29 is 4.74 Å². The molecule has 0 bridgehead atoms. The maximum Gasteiger partial charge on any atom is 0.0746 e. The number of hydrogen-bond donors (Lipinski definition) is 0. The summed E-state index contributed by atoms with van der Waals surface area (Å²) in [6, 6.07) is 20.4. The fraction of sp³-hybridized carbons (Fsp3) is 0.464. The summed E-state index contributed by atoms with van der Waals surface area (Å²) in [6.45, 7) is 6.26. The Bertz CT molecular complexity index is 1010. The van der Waals surface area contributed by atoms with Gasteiger partial charge in [0.2, 0.25) is 0 Å². The van der Waals surface area contributed by atoms with Gasteiger partial charge < -0.3 is 4.74 Å². The average molecular weight is 430 g/mol. The molecule has 1 atom stereocenters. The van der Waals surface area contributed by atoms with Crippen LogP contribution in [0.4, 0.5) is 0 Å². The second kappa shape index (κ2) is 10.1. The van der Waals surface area contributed by atoms with Crippen LogP contribution in [0.1, 0.15) is 29.5 Å². The van der Waals surface area contributed by atoms with Crippen LogP contribution in [-0.4, -0.2) is 60.7 Å². The third kappa shape index (κ3) is 4.88. The van der Waals surface area contributed by atoms with Crippen LogP contribution in [0.25, 0.3) is 10.9 Å². The Morgan fingerprint density at radius 2 is 1.84 bits per heavy atom. The molecule has 1 aliphatic carbocycles. The smallest absolute Gasteiger partial charge is 0.0746 e. The van der Waals surface area contributed by atoms with E-state index in [9.17, 15) is 0 Å². The van der Waals surface area contributed by atoms with Crippen LogP contribution in [0.5, 0.6) is 0 Å². The van der Waals surface area contributed by atoms with Crippen molar-refractivity contribution in [1.29, 1.82) is 0 Å². The first-order valence-electron chi connectivity index (χ1n) is 12.1. The fourth-order valence-electron chi connectivity index (χ4n) is 5.73. The van der Waals surface area contributed by atoms with Gasteiger partial charge in [0.25, 0.3) is 0 Å². The molecule has 5 rings (SSSR count). The normalized spacial score (nSPS) is 19.6. The van der Waals surface area contributed by atoms with E-state index in [-0.39, 0.29) is 0 Å². The highest BCUT2D eigenvalue weighted by Crippen LogP contribution is 2.29. The maximum absolute atomic E-state index is 5.46. The van der Waals surface area contributed by atoms with Crippen molar-refractivity contribution in [3.05, 3.63) is 77.5 Å². The van der Waals surface area contributed by atoms with Gasteiger partial charge in [-0.1, -0.05) is 48.5 Å². The largest absolute Gasteiger partial charge is 0.383 e. The molecule has 4 nitrogen and oxygen atoms in total. The zero-order chi connectivity index (χ0) is 21.8. The van der Waals surface area contributed by atoms with E-state index >= 15 is 0 Å². The average Bonchev–Trinajstić information content (AvgIpc) is 3.27. The monoisotopic (exact) mass is 429 g/mol. The van der Waals surface area contributed by atoms with Gasteiger partial charge >= 0.3 is 0 Å². The number of likely N-dealkylation sites (tertiary alicyclic amines) is 1. The highest BCUT2D eigenvalue weighted by molar-refractivity contribution is 5.81. The molecule has 3 aromatic rings. The number of piperidine rings is 1. The summed E-state index contributed by atoms with van der Waals surface area (Å²) in [4.78, 5) is 10.0. The Kier molecular flexibility index (Phi) is 6.82. The van der Waals surface area contributed by atoms with Gasteiger partial charge in [-0.2, -0.15) is 0 Å².